The van der Waals surface area contributed by atoms with E-state index in [1.807, 2.05) is 36.4 Å². The van der Waals surface area contributed by atoms with E-state index in [9.17, 15) is 19.7 Å². The number of imide groups is 1. The van der Waals surface area contributed by atoms with Gasteiger partial charge in [-0.25, -0.2) is 4.90 Å². The van der Waals surface area contributed by atoms with Gasteiger partial charge in [0.15, 0.2) is 11.2 Å². The Labute approximate surface area is 202 Å². The molecule has 6 rings (SSSR count). The third-order valence-electron chi connectivity index (χ3n) is 6.08. The number of benzene rings is 4. The second-order valence-electron chi connectivity index (χ2n) is 8.10. The second-order valence-corrected chi connectivity index (χ2v) is 8.10. The molecule has 0 bridgehead atoms. The molecule has 176 valence electrons. The summed E-state index contributed by atoms with van der Waals surface area (Å²) >= 11 is 0. The van der Waals surface area contributed by atoms with Gasteiger partial charge in [-0.2, -0.15) is 0 Å². The summed E-state index contributed by atoms with van der Waals surface area (Å²) in [5.41, 5.74) is 1.10. The van der Waals surface area contributed by atoms with E-state index in [0.717, 1.165) is 15.7 Å². The Balaban J connectivity index is 1.61. The Morgan fingerprint density at radius 1 is 0.750 bits per heavy atom. The lowest BCUT2D eigenvalue weighted by molar-refractivity contribution is -0.384. The third-order valence-corrected chi connectivity index (χ3v) is 6.08. The molecule has 36 heavy (non-hydrogen) atoms. The van der Waals surface area contributed by atoms with Crippen LogP contribution in [0.4, 0.5) is 11.4 Å². The minimum absolute atomic E-state index is 0.0544. The Morgan fingerprint density at radius 2 is 1.28 bits per heavy atom. The fourth-order valence-electron chi connectivity index (χ4n) is 4.38. The van der Waals surface area contributed by atoms with Crippen molar-refractivity contribution < 1.29 is 28.1 Å². The molecule has 4 aromatic carbocycles. The zero-order valence-corrected chi connectivity index (χ0v) is 18.8. The van der Waals surface area contributed by atoms with Crippen molar-refractivity contribution in [2.75, 3.05) is 12.0 Å². The Bertz CT molecular complexity index is 1710. The normalized spacial score (nSPS) is 12.9. The van der Waals surface area contributed by atoms with Crippen LogP contribution in [0.1, 0.15) is 20.7 Å². The summed E-state index contributed by atoms with van der Waals surface area (Å²) in [5.74, 6) is -1.18. The van der Waals surface area contributed by atoms with Crippen LogP contribution in [0.3, 0.4) is 0 Å². The van der Waals surface area contributed by atoms with Crippen LogP contribution in [0.25, 0.3) is 33.1 Å². The summed E-state index contributed by atoms with van der Waals surface area (Å²) in [6.45, 7) is 0. The molecular weight excluding hydrogens is 464 g/mol. The van der Waals surface area contributed by atoms with Crippen molar-refractivity contribution in [3.63, 3.8) is 0 Å². The fourth-order valence-corrected chi connectivity index (χ4v) is 4.38. The zero-order chi connectivity index (χ0) is 25.0. The maximum absolute atomic E-state index is 13.4. The van der Waals surface area contributed by atoms with Crippen molar-refractivity contribution in [1.82, 2.24) is 0 Å². The standard InChI is InChI=1S/C27H16N2O7/c1-34-15-10-11-20(21(12-15)29(32)33)28-26(30)18-13-24-25(14-19(18)27(28)31)36-23-9-5-3-7-17(23)16-6-2-4-8-22(16)35-24/h2-14H,1H3. The number of nitrogens with zero attached hydrogens (tertiary/aromatic N) is 2. The summed E-state index contributed by atoms with van der Waals surface area (Å²) in [6, 6.07) is 21.6. The molecule has 0 radical (unpaired) electrons. The number of rotatable bonds is 3. The van der Waals surface area contributed by atoms with E-state index in [1.54, 1.807) is 12.1 Å². The fraction of sp³-hybridized carbons (Fsp3) is 0.0370. The van der Waals surface area contributed by atoms with Crippen LogP contribution in [0.15, 0.2) is 87.7 Å². The molecule has 0 aliphatic carbocycles. The van der Waals surface area contributed by atoms with Gasteiger partial charge in [0.2, 0.25) is 0 Å². The lowest BCUT2D eigenvalue weighted by Gasteiger charge is -2.14. The molecule has 1 aliphatic heterocycles. The lowest BCUT2D eigenvalue weighted by Crippen LogP contribution is -2.30. The third kappa shape index (κ3) is 3.17. The number of nitro groups is 1. The maximum atomic E-state index is 13.4. The van der Waals surface area contributed by atoms with Gasteiger partial charge in [-0.15, -0.1) is 0 Å². The number of carbonyl (C=O) groups is 2. The van der Waals surface area contributed by atoms with Gasteiger partial charge in [-0.3, -0.25) is 19.7 Å². The first-order chi connectivity index (χ1) is 17.5. The van der Waals surface area contributed by atoms with Gasteiger partial charge in [0, 0.05) is 10.8 Å². The molecular formula is C27H16N2O7. The molecule has 9 nitrogen and oxygen atoms in total. The van der Waals surface area contributed by atoms with Crippen molar-refractivity contribution in [3.05, 3.63) is 100 Å². The molecule has 2 heterocycles. The number of anilines is 1. The molecule has 0 saturated heterocycles. The van der Waals surface area contributed by atoms with Crippen molar-refractivity contribution >= 4 is 56.3 Å². The van der Waals surface area contributed by atoms with Gasteiger partial charge < -0.3 is 13.6 Å². The average Bonchev–Trinajstić information content (AvgIpc) is 3.12. The van der Waals surface area contributed by atoms with E-state index >= 15 is 0 Å². The number of hydrogen-bond donors (Lipinski definition) is 0. The monoisotopic (exact) mass is 480 g/mol. The molecule has 1 aromatic heterocycles. The molecule has 0 saturated carbocycles. The first kappa shape index (κ1) is 21.4. The SMILES string of the molecule is COc1ccc(N2C(=O)c3cc4oc5ccccc5c5ccccc5oc4cc3C2=O)c([N+](=O)[O-])c1. The molecule has 5 aromatic rings. The van der Waals surface area contributed by atoms with Crippen LogP contribution < -0.4 is 9.64 Å². The number of amides is 2. The maximum Gasteiger partial charge on any atom is 0.297 e. The van der Waals surface area contributed by atoms with E-state index in [0.29, 0.717) is 11.2 Å². The summed E-state index contributed by atoms with van der Waals surface area (Å²) in [6.07, 6.45) is 0. The van der Waals surface area contributed by atoms with Crippen LogP contribution in [-0.4, -0.2) is 23.8 Å². The van der Waals surface area contributed by atoms with Gasteiger partial charge in [-0.1, -0.05) is 36.4 Å². The molecule has 0 spiro atoms. The van der Waals surface area contributed by atoms with Crippen LogP contribution in [0, 0.1) is 10.1 Å². The highest BCUT2D eigenvalue weighted by molar-refractivity contribution is 6.35. The number of para-hydroxylation sites is 2. The average molecular weight is 480 g/mol. The zero-order valence-electron chi connectivity index (χ0n) is 18.8. The van der Waals surface area contributed by atoms with Crippen LogP contribution in [0.5, 0.6) is 5.75 Å². The number of nitro benzene ring substituents is 1. The van der Waals surface area contributed by atoms with Crippen LogP contribution in [-0.2, 0) is 0 Å². The summed E-state index contributed by atoms with van der Waals surface area (Å²) in [4.78, 5) is 38.6. The molecule has 0 unspecified atom stereocenters. The number of fused-ring (bicyclic) bond motifs is 5. The van der Waals surface area contributed by atoms with Crippen LogP contribution in [0.2, 0.25) is 0 Å². The van der Waals surface area contributed by atoms with Crippen molar-refractivity contribution in [2.24, 2.45) is 0 Å². The Morgan fingerprint density at radius 3 is 1.78 bits per heavy atom. The highest BCUT2D eigenvalue weighted by Crippen LogP contribution is 2.38. The molecule has 1 aliphatic rings. The summed E-state index contributed by atoms with van der Waals surface area (Å²) in [5, 5.41) is 13.3. The number of methoxy groups -OCH3 is 1. The predicted octanol–water partition coefficient (Wildman–Crippen LogP) is 6.17. The van der Waals surface area contributed by atoms with Gasteiger partial charge in [0.05, 0.1) is 29.2 Å². The molecule has 0 fully saturated rings. The minimum Gasteiger partial charge on any atom is -0.496 e. The lowest BCUT2D eigenvalue weighted by atomic mass is 10.1. The molecule has 0 N–H and O–H groups in total. The number of hydrogen-bond acceptors (Lipinski definition) is 7. The van der Waals surface area contributed by atoms with Gasteiger partial charge in [0.25, 0.3) is 17.5 Å². The minimum atomic E-state index is -0.703. The first-order valence-corrected chi connectivity index (χ1v) is 10.9. The quantitative estimate of drug-likeness (QED) is 0.172. The molecule has 2 amide bonds. The van der Waals surface area contributed by atoms with Crippen molar-refractivity contribution in [1.29, 1.82) is 0 Å². The van der Waals surface area contributed by atoms with E-state index < -0.39 is 22.4 Å². The predicted molar refractivity (Wildman–Crippen MR) is 132 cm³/mol. The van der Waals surface area contributed by atoms with E-state index in [4.69, 9.17) is 13.6 Å². The van der Waals surface area contributed by atoms with Crippen molar-refractivity contribution in [3.8, 4) is 5.75 Å². The van der Waals surface area contributed by atoms with Gasteiger partial charge in [0.1, 0.15) is 22.6 Å². The second kappa shape index (κ2) is 7.95. The largest absolute Gasteiger partial charge is 0.496 e. The highest BCUT2D eigenvalue weighted by Gasteiger charge is 2.40. The van der Waals surface area contributed by atoms with E-state index in [1.165, 1.54) is 37.4 Å². The molecule has 9 heteroatoms. The first-order valence-electron chi connectivity index (χ1n) is 10.9. The number of ether oxygens (including phenoxy) is 1. The van der Waals surface area contributed by atoms with E-state index in [-0.39, 0.29) is 33.7 Å². The van der Waals surface area contributed by atoms with Crippen LogP contribution >= 0.6 is 0 Å². The molecule has 0 atom stereocenters. The van der Waals surface area contributed by atoms with Crippen molar-refractivity contribution in [2.45, 2.75) is 0 Å². The Kier molecular flexibility index (Phi) is 4.72. The summed E-state index contributed by atoms with van der Waals surface area (Å²) < 4.78 is 17.4. The topological polar surface area (TPSA) is 116 Å². The summed E-state index contributed by atoms with van der Waals surface area (Å²) in [7, 11) is 1.37. The smallest absolute Gasteiger partial charge is 0.297 e. The number of carbonyl (C=O) groups excluding carboxylic acids is 2. The van der Waals surface area contributed by atoms with E-state index in [2.05, 4.69) is 0 Å². The Hall–Kier alpha value is -5.18. The highest BCUT2D eigenvalue weighted by atomic mass is 16.6. The van der Waals surface area contributed by atoms with Gasteiger partial charge >= 0.3 is 0 Å². The van der Waals surface area contributed by atoms with Gasteiger partial charge in [-0.05, 0) is 36.4 Å².